The summed E-state index contributed by atoms with van der Waals surface area (Å²) in [7, 11) is 0. The minimum Gasteiger partial charge on any atom is -0.403 e. The lowest BCUT2D eigenvalue weighted by Gasteiger charge is -2.11. The Kier molecular flexibility index (Phi) is 4.17. The number of nitrogens with two attached hydrogens (primary N) is 1. The van der Waals surface area contributed by atoms with Crippen molar-refractivity contribution in [3.63, 3.8) is 0 Å². The van der Waals surface area contributed by atoms with E-state index in [-0.39, 0.29) is 0 Å². The van der Waals surface area contributed by atoms with Crippen LogP contribution in [0.5, 0.6) is 0 Å². The average Bonchev–Trinajstić information content (AvgIpc) is 2.20. The fourth-order valence-corrected chi connectivity index (χ4v) is 1.50. The second-order valence-electron chi connectivity index (χ2n) is 3.47. The Balaban J connectivity index is 2.58. The van der Waals surface area contributed by atoms with Crippen LogP contribution < -0.4 is 5.73 Å². The summed E-state index contributed by atoms with van der Waals surface area (Å²) < 4.78 is 0. The van der Waals surface area contributed by atoms with Gasteiger partial charge in [0.05, 0.1) is 0 Å². The normalized spacial score (nSPS) is 16.6. The molecule has 0 unspecified atom stereocenters. The van der Waals surface area contributed by atoms with E-state index in [0.29, 0.717) is 0 Å². The van der Waals surface area contributed by atoms with Crippen LogP contribution in [0.3, 0.4) is 0 Å². The van der Waals surface area contributed by atoms with E-state index in [1.165, 1.54) is 11.3 Å². The Morgan fingerprint density at radius 3 is 2.93 bits per heavy atom. The molecule has 0 amide bonds. The Morgan fingerprint density at radius 2 is 2.43 bits per heavy atom. The maximum Gasteiger partial charge on any atom is 0.0435 e. The molecule has 0 aromatic rings. The minimum absolute atomic E-state index is 0.747. The summed E-state index contributed by atoms with van der Waals surface area (Å²) in [5, 5.41) is 0. The molecule has 2 heteroatoms. The van der Waals surface area contributed by atoms with Crippen molar-refractivity contribution in [2.45, 2.75) is 32.6 Å². The lowest BCUT2D eigenvalue weighted by molar-refractivity contribution is 0.927. The zero-order valence-electron chi connectivity index (χ0n) is 8.79. The zero-order chi connectivity index (χ0) is 10.4. The first-order valence-corrected chi connectivity index (χ1v) is 5.04. The van der Waals surface area contributed by atoms with Crippen molar-refractivity contribution in [1.29, 1.82) is 0 Å². The van der Waals surface area contributed by atoms with Crippen LogP contribution in [0.1, 0.15) is 32.6 Å². The van der Waals surface area contributed by atoms with Gasteiger partial charge in [-0.1, -0.05) is 18.7 Å². The second kappa shape index (κ2) is 5.43. The number of allylic oxidation sites excluding steroid dienone is 4. The van der Waals surface area contributed by atoms with Crippen molar-refractivity contribution >= 4 is 5.71 Å². The lowest BCUT2D eigenvalue weighted by Crippen LogP contribution is -2.06. The quantitative estimate of drug-likeness (QED) is 0.727. The van der Waals surface area contributed by atoms with Crippen LogP contribution in [-0.2, 0) is 0 Å². The first-order valence-electron chi connectivity index (χ1n) is 5.04. The molecule has 0 saturated carbocycles. The largest absolute Gasteiger partial charge is 0.403 e. The van der Waals surface area contributed by atoms with Crippen molar-refractivity contribution in [2.24, 2.45) is 10.7 Å². The Morgan fingerprint density at radius 1 is 1.64 bits per heavy atom. The molecule has 0 fully saturated rings. The van der Waals surface area contributed by atoms with Gasteiger partial charge in [0, 0.05) is 17.6 Å². The molecular weight excluding hydrogens is 172 g/mol. The van der Waals surface area contributed by atoms with E-state index in [9.17, 15) is 0 Å². The fraction of sp³-hybridized carbons (Fsp3) is 0.417. The fourth-order valence-electron chi connectivity index (χ4n) is 1.50. The van der Waals surface area contributed by atoms with Crippen molar-refractivity contribution in [1.82, 2.24) is 0 Å². The molecule has 0 atom stereocenters. The molecule has 0 bridgehead atoms. The predicted octanol–water partition coefficient (Wildman–Crippen LogP) is 2.93. The van der Waals surface area contributed by atoms with Gasteiger partial charge in [-0.25, -0.2) is 0 Å². The van der Waals surface area contributed by atoms with Gasteiger partial charge in [-0.2, -0.15) is 0 Å². The maximum atomic E-state index is 5.55. The number of aliphatic imine (C=N–C) groups is 1. The highest BCUT2D eigenvalue weighted by molar-refractivity contribution is 6.00. The SMILES string of the molecule is C=C(N)CC/C(=C\C)C1=NC=CCC1. The molecule has 1 rings (SSSR count). The van der Waals surface area contributed by atoms with Gasteiger partial charge < -0.3 is 5.73 Å². The van der Waals surface area contributed by atoms with E-state index in [0.717, 1.165) is 31.4 Å². The minimum atomic E-state index is 0.747. The van der Waals surface area contributed by atoms with Crippen molar-refractivity contribution in [3.8, 4) is 0 Å². The first kappa shape index (κ1) is 10.8. The molecule has 76 valence electrons. The van der Waals surface area contributed by atoms with Crippen LogP contribution in [0.15, 0.2) is 41.2 Å². The summed E-state index contributed by atoms with van der Waals surface area (Å²) in [4.78, 5) is 4.38. The van der Waals surface area contributed by atoms with Crippen molar-refractivity contribution in [2.75, 3.05) is 0 Å². The van der Waals surface area contributed by atoms with Gasteiger partial charge in [0.1, 0.15) is 0 Å². The van der Waals surface area contributed by atoms with Gasteiger partial charge in [0.15, 0.2) is 0 Å². The number of hydrogen-bond donors (Lipinski definition) is 1. The van der Waals surface area contributed by atoms with Crippen LogP contribution in [0.25, 0.3) is 0 Å². The average molecular weight is 190 g/mol. The summed E-state index contributed by atoms with van der Waals surface area (Å²) in [6.07, 6.45) is 10.1. The van der Waals surface area contributed by atoms with Gasteiger partial charge in [0.25, 0.3) is 0 Å². The second-order valence-corrected chi connectivity index (χ2v) is 3.47. The van der Waals surface area contributed by atoms with Gasteiger partial charge in [-0.3, -0.25) is 4.99 Å². The smallest absolute Gasteiger partial charge is 0.0435 e. The van der Waals surface area contributed by atoms with Crippen LogP contribution >= 0.6 is 0 Å². The highest BCUT2D eigenvalue weighted by atomic mass is 14.7. The lowest BCUT2D eigenvalue weighted by atomic mass is 9.99. The highest BCUT2D eigenvalue weighted by Gasteiger charge is 2.07. The summed E-state index contributed by atoms with van der Waals surface area (Å²) in [5.74, 6) is 0. The Bertz CT molecular complexity index is 295. The third-order valence-electron chi connectivity index (χ3n) is 2.32. The molecule has 2 nitrogen and oxygen atoms in total. The molecule has 0 radical (unpaired) electrons. The molecule has 14 heavy (non-hydrogen) atoms. The van der Waals surface area contributed by atoms with Crippen LogP contribution in [-0.4, -0.2) is 5.71 Å². The van der Waals surface area contributed by atoms with Crippen LogP contribution in [0.2, 0.25) is 0 Å². The number of hydrogen-bond acceptors (Lipinski definition) is 2. The summed E-state index contributed by atoms with van der Waals surface area (Å²) >= 11 is 0. The Hall–Kier alpha value is -1.31. The standard InChI is InChI=1S/C12H18N2/c1-3-11(8-7-10(2)13)12-6-4-5-9-14-12/h3,5,9H,2,4,6-8,13H2,1H3/b11-3+. The third kappa shape index (κ3) is 3.21. The molecule has 0 spiro atoms. The van der Waals surface area contributed by atoms with E-state index >= 15 is 0 Å². The van der Waals surface area contributed by atoms with Gasteiger partial charge in [0.2, 0.25) is 0 Å². The number of rotatable bonds is 4. The van der Waals surface area contributed by atoms with Gasteiger partial charge in [-0.15, -0.1) is 0 Å². The van der Waals surface area contributed by atoms with Crippen LogP contribution in [0, 0.1) is 0 Å². The van der Waals surface area contributed by atoms with Gasteiger partial charge >= 0.3 is 0 Å². The molecule has 2 N–H and O–H groups in total. The van der Waals surface area contributed by atoms with E-state index in [2.05, 4.69) is 30.6 Å². The molecule has 0 aromatic carbocycles. The predicted molar refractivity (Wildman–Crippen MR) is 62.1 cm³/mol. The van der Waals surface area contributed by atoms with Crippen molar-refractivity contribution < 1.29 is 0 Å². The zero-order valence-corrected chi connectivity index (χ0v) is 8.79. The van der Waals surface area contributed by atoms with Crippen LogP contribution in [0.4, 0.5) is 0 Å². The monoisotopic (exact) mass is 190 g/mol. The molecule has 1 aliphatic heterocycles. The molecule has 0 aromatic heterocycles. The highest BCUT2D eigenvalue weighted by Crippen LogP contribution is 2.16. The maximum absolute atomic E-state index is 5.55. The summed E-state index contributed by atoms with van der Waals surface area (Å²) in [5.41, 5.74) is 8.81. The first-order chi connectivity index (χ1) is 6.74. The van der Waals surface area contributed by atoms with Gasteiger partial charge in [-0.05, 0) is 38.2 Å². The molecule has 1 heterocycles. The van der Waals surface area contributed by atoms with E-state index < -0.39 is 0 Å². The number of nitrogens with zero attached hydrogens (tertiary/aromatic N) is 1. The molecule has 1 aliphatic rings. The topological polar surface area (TPSA) is 38.4 Å². The van der Waals surface area contributed by atoms with Crippen molar-refractivity contribution in [3.05, 3.63) is 36.2 Å². The summed E-state index contributed by atoms with van der Waals surface area (Å²) in [6, 6.07) is 0. The third-order valence-corrected chi connectivity index (χ3v) is 2.32. The van der Waals surface area contributed by atoms with E-state index in [4.69, 9.17) is 5.73 Å². The van der Waals surface area contributed by atoms with E-state index in [1.54, 1.807) is 0 Å². The molecule has 0 aliphatic carbocycles. The van der Waals surface area contributed by atoms with E-state index in [1.807, 2.05) is 6.20 Å². The molecule has 0 saturated heterocycles. The molecular formula is C12H18N2. The summed E-state index contributed by atoms with van der Waals surface area (Å²) in [6.45, 7) is 5.75. The Labute approximate surface area is 85.9 Å².